The zero-order chi connectivity index (χ0) is 12.4. The molecular formula is C18H26. The molecule has 0 N–H and O–H groups in total. The van der Waals surface area contributed by atoms with Gasteiger partial charge < -0.3 is 0 Å². The molecule has 0 amide bonds. The lowest BCUT2D eigenvalue weighted by Gasteiger charge is -2.28. The number of hydrogen-bond acceptors (Lipinski definition) is 0. The van der Waals surface area contributed by atoms with E-state index in [0.29, 0.717) is 0 Å². The molecule has 2 aliphatic rings. The van der Waals surface area contributed by atoms with Crippen LogP contribution in [0.25, 0.3) is 0 Å². The third-order valence-electron chi connectivity index (χ3n) is 5.00. The Morgan fingerprint density at radius 3 is 1.61 bits per heavy atom. The van der Waals surface area contributed by atoms with E-state index in [1.165, 1.54) is 51.4 Å². The normalized spacial score (nSPS) is 28.3. The van der Waals surface area contributed by atoms with Crippen molar-refractivity contribution in [3.8, 4) is 0 Å². The van der Waals surface area contributed by atoms with Crippen molar-refractivity contribution in [3.63, 3.8) is 0 Å². The van der Waals surface area contributed by atoms with Crippen LogP contribution in [0.15, 0.2) is 24.3 Å². The summed E-state index contributed by atoms with van der Waals surface area (Å²) in [5.41, 5.74) is 3.19. The highest BCUT2D eigenvalue weighted by Gasteiger charge is 2.24. The van der Waals surface area contributed by atoms with Crippen molar-refractivity contribution in [2.24, 2.45) is 5.92 Å². The van der Waals surface area contributed by atoms with Crippen LogP contribution in [0.1, 0.15) is 81.3 Å². The topological polar surface area (TPSA) is 0 Å². The fourth-order valence-corrected chi connectivity index (χ4v) is 3.65. The maximum absolute atomic E-state index is 2.42. The second-order valence-electron chi connectivity index (χ2n) is 6.45. The SMILES string of the molecule is CCCC1CCC(c2ccc(C3CC3)cc2)CC1. The van der Waals surface area contributed by atoms with Gasteiger partial charge in [-0.1, -0.05) is 44.0 Å². The van der Waals surface area contributed by atoms with Crippen molar-refractivity contribution in [2.45, 2.75) is 70.1 Å². The van der Waals surface area contributed by atoms with E-state index in [1.54, 1.807) is 11.1 Å². The van der Waals surface area contributed by atoms with Gasteiger partial charge in [-0.15, -0.1) is 0 Å². The van der Waals surface area contributed by atoms with Crippen molar-refractivity contribution < 1.29 is 0 Å². The first-order valence-corrected chi connectivity index (χ1v) is 7.96. The van der Waals surface area contributed by atoms with E-state index < -0.39 is 0 Å². The van der Waals surface area contributed by atoms with Crippen molar-refractivity contribution >= 4 is 0 Å². The van der Waals surface area contributed by atoms with E-state index in [9.17, 15) is 0 Å². The first-order chi connectivity index (χ1) is 8.86. The first-order valence-electron chi connectivity index (χ1n) is 7.96. The van der Waals surface area contributed by atoms with Crippen LogP contribution < -0.4 is 0 Å². The Hall–Kier alpha value is -0.780. The van der Waals surface area contributed by atoms with Gasteiger partial charge in [-0.25, -0.2) is 0 Å². The lowest BCUT2D eigenvalue weighted by Crippen LogP contribution is -2.13. The van der Waals surface area contributed by atoms with E-state index in [1.807, 2.05) is 0 Å². The van der Waals surface area contributed by atoms with Crippen LogP contribution in [0.4, 0.5) is 0 Å². The summed E-state index contributed by atoms with van der Waals surface area (Å²) < 4.78 is 0. The monoisotopic (exact) mass is 242 g/mol. The molecule has 1 aromatic carbocycles. The van der Waals surface area contributed by atoms with Crippen LogP contribution in [0.3, 0.4) is 0 Å². The lowest BCUT2D eigenvalue weighted by molar-refractivity contribution is 0.308. The number of rotatable bonds is 4. The summed E-state index contributed by atoms with van der Waals surface area (Å²) in [5.74, 6) is 2.78. The number of hydrogen-bond donors (Lipinski definition) is 0. The van der Waals surface area contributed by atoms with Crippen LogP contribution in [0.5, 0.6) is 0 Å². The lowest BCUT2D eigenvalue weighted by atomic mass is 9.77. The van der Waals surface area contributed by atoms with Crippen LogP contribution in [0, 0.1) is 5.92 Å². The molecule has 0 spiro atoms. The molecule has 0 saturated heterocycles. The average Bonchev–Trinajstić information content (AvgIpc) is 3.25. The van der Waals surface area contributed by atoms with Gasteiger partial charge in [0.25, 0.3) is 0 Å². The fraction of sp³-hybridized carbons (Fsp3) is 0.667. The van der Waals surface area contributed by atoms with Crippen molar-refractivity contribution in [2.75, 3.05) is 0 Å². The molecule has 0 nitrogen and oxygen atoms in total. The molecule has 0 heteroatoms. The highest BCUT2D eigenvalue weighted by atomic mass is 14.3. The third kappa shape index (κ3) is 2.79. The summed E-state index contributed by atoms with van der Waals surface area (Å²) in [6, 6.07) is 9.62. The zero-order valence-electron chi connectivity index (χ0n) is 11.7. The van der Waals surface area contributed by atoms with Gasteiger partial charge in [0.15, 0.2) is 0 Å². The van der Waals surface area contributed by atoms with Crippen molar-refractivity contribution in [3.05, 3.63) is 35.4 Å². The van der Waals surface area contributed by atoms with Crippen LogP contribution in [0.2, 0.25) is 0 Å². The summed E-state index contributed by atoms with van der Waals surface area (Å²) in [6.07, 6.45) is 11.4. The summed E-state index contributed by atoms with van der Waals surface area (Å²) in [5, 5.41) is 0. The van der Waals surface area contributed by atoms with Gasteiger partial charge >= 0.3 is 0 Å². The minimum Gasteiger partial charge on any atom is -0.0654 e. The standard InChI is InChI=1S/C18H26/c1-2-3-14-4-6-15(7-5-14)16-8-10-17(11-9-16)18-12-13-18/h8-11,14-15,18H,2-7,12-13H2,1H3. The molecule has 3 rings (SSSR count). The van der Waals surface area contributed by atoms with E-state index in [2.05, 4.69) is 31.2 Å². The molecule has 0 unspecified atom stereocenters. The van der Waals surface area contributed by atoms with Gasteiger partial charge in [-0.05, 0) is 67.4 Å². The van der Waals surface area contributed by atoms with Crippen molar-refractivity contribution in [1.29, 1.82) is 0 Å². The molecule has 0 heterocycles. The Morgan fingerprint density at radius 2 is 1.22 bits per heavy atom. The van der Waals surface area contributed by atoms with Crippen molar-refractivity contribution in [1.82, 2.24) is 0 Å². The van der Waals surface area contributed by atoms with E-state index >= 15 is 0 Å². The Bertz CT molecular complexity index is 364. The molecule has 2 fully saturated rings. The van der Waals surface area contributed by atoms with Gasteiger partial charge in [0.1, 0.15) is 0 Å². The second kappa shape index (κ2) is 5.47. The fourth-order valence-electron chi connectivity index (χ4n) is 3.65. The molecule has 0 radical (unpaired) electrons. The molecule has 2 aliphatic carbocycles. The highest BCUT2D eigenvalue weighted by Crippen LogP contribution is 2.41. The Morgan fingerprint density at radius 1 is 0.778 bits per heavy atom. The largest absolute Gasteiger partial charge is 0.0654 e. The second-order valence-corrected chi connectivity index (χ2v) is 6.45. The zero-order valence-corrected chi connectivity index (χ0v) is 11.7. The maximum Gasteiger partial charge on any atom is -0.0162 e. The van der Waals surface area contributed by atoms with E-state index in [0.717, 1.165) is 17.8 Å². The molecule has 98 valence electrons. The van der Waals surface area contributed by atoms with Gasteiger partial charge in [0.2, 0.25) is 0 Å². The van der Waals surface area contributed by atoms with Gasteiger partial charge in [0, 0.05) is 0 Å². The molecule has 18 heavy (non-hydrogen) atoms. The predicted molar refractivity (Wildman–Crippen MR) is 78.0 cm³/mol. The molecule has 0 aliphatic heterocycles. The van der Waals surface area contributed by atoms with Crippen LogP contribution in [-0.2, 0) is 0 Å². The maximum atomic E-state index is 2.42. The molecule has 1 aromatic rings. The summed E-state index contributed by atoms with van der Waals surface area (Å²) in [7, 11) is 0. The smallest absolute Gasteiger partial charge is 0.0162 e. The van der Waals surface area contributed by atoms with Gasteiger partial charge in [-0.3, -0.25) is 0 Å². The summed E-state index contributed by atoms with van der Waals surface area (Å²) in [4.78, 5) is 0. The minimum atomic E-state index is 0.853. The Kier molecular flexibility index (Phi) is 3.72. The Balaban J connectivity index is 1.58. The molecule has 0 aromatic heterocycles. The molecule has 2 saturated carbocycles. The van der Waals surface area contributed by atoms with Crippen LogP contribution >= 0.6 is 0 Å². The van der Waals surface area contributed by atoms with E-state index in [-0.39, 0.29) is 0 Å². The van der Waals surface area contributed by atoms with E-state index in [4.69, 9.17) is 0 Å². The number of benzene rings is 1. The predicted octanol–water partition coefficient (Wildman–Crippen LogP) is 5.64. The third-order valence-corrected chi connectivity index (χ3v) is 5.00. The molecular weight excluding hydrogens is 216 g/mol. The average molecular weight is 242 g/mol. The molecule has 0 bridgehead atoms. The first kappa shape index (κ1) is 12.3. The molecule has 0 atom stereocenters. The highest BCUT2D eigenvalue weighted by molar-refractivity contribution is 5.30. The quantitative estimate of drug-likeness (QED) is 0.641. The Labute approximate surface area is 112 Å². The van der Waals surface area contributed by atoms with Crippen LogP contribution in [-0.4, -0.2) is 0 Å². The van der Waals surface area contributed by atoms with Gasteiger partial charge in [0.05, 0.1) is 0 Å². The summed E-state index contributed by atoms with van der Waals surface area (Å²) in [6.45, 7) is 2.32. The van der Waals surface area contributed by atoms with Gasteiger partial charge in [-0.2, -0.15) is 0 Å². The summed E-state index contributed by atoms with van der Waals surface area (Å²) >= 11 is 0. The minimum absolute atomic E-state index is 0.853.